The Morgan fingerprint density at radius 3 is 2.65 bits per heavy atom. The molecule has 1 unspecified atom stereocenters. The lowest BCUT2D eigenvalue weighted by molar-refractivity contribution is 0.313. The lowest BCUT2D eigenvalue weighted by Gasteiger charge is -2.34. The molecule has 0 bridgehead atoms. The molecule has 0 amide bonds. The van der Waals surface area contributed by atoms with Crippen molar-refractivity contribution in [1.29, 1.82) is 0 Å². The summed E-state index contributed by atoms with van der Waals surface area (Å²) < 4.78 is 9.04. The quantitative estimate of drug-likeness (QED) is 0.405. The van der Waals surface area contributed by atoms with E-state index in [0.717, 1.165) is 43.3 Å². The minimum atomic E-state index is -0.190. The number of allylic oxidation sites excluding steroid dienone is 1. The van der Waals surface area contributed by atoms with Crippen LogP contribution in [0.2, 0.25) is 0 Å². The van der Waals surface area contributed by atoms with Gasteiger partial charge in [-0.1, -0.05) is 13.0 Å². The molecule has 4 aromatic rings. The number of piperazine rings is 1. The van der Waals surface area contributed by atoms with Gasteiger partial charge >= 0.3 is 0 Å². The summed E-state index contributed by atoms with van der Waals surface area (Å²) >= 11 is 0. The van der Waals surface area contributed by atoms with Gasteiger partial charge in [0.25, 0.3) is 5.56 Å². The summed E-state index contributed by atoms with van der Waals surface area (Å²) in [6, 6.07) is 12.0. The van der Waals surface area contributed by atoms with E-state index in [1.54, 1.807) is 21.6 Å². The molecule has 1 atom stereocenters. The van der Waals surface area contributed by atoms with E-state index in [9.17, 15) is 4.79 Å². The molecule has 2 aliphatic heterocycles. The van der Waals surface area contributed by atoms with Crippen molar-refractivity contribution in [2.24, 2.45) is 0 Å². The van der Waals surface area contributed by atoms with Gasteiger partial charge in [-0.3, -0.25) is 4.79 Å². The summed E-state index contributed by atoms with van der Waals surface area (Å²) in [5.41, 5.74) is 3.25. The smallest absolute Gasteiger partial charge is 0.278 e. The molecule has 10 heteroatoms. The number of nitrogens with zero attached hydrogens (tertiary/aromatic N) is 7. The molecule has 5 heterocycles. The Kier molecular flexibility index (Phi) is 5.88. The number of rotatable bonds is 6. The highest BCUT2D eigenvalue weighted by atomic mass is 16.5. The maximum absolute atomic E-state index is 13.2. The molecule has 0 radical (unpaired) electrons. The molecular formula is C27H30N8O2. The zero-order chi connectivity index (χ0) is 25.5. The summed E-state index contributed by atoms with van der Waals surface area (Å²) in [4.78, 5) is 32.0. The molecule has 0 aliphatic carbocycles. The summed E-state index contributed by atoms with van der Waals surface area (Å²) in [7, 11) is 2.15. The van der Waals surface area contributed by atoms with Gasteiger partial charge in [0, 0.05) is 49.7 Å². The largest absolute Gasteiger partial charge is 0.491 e. The monoisotopic (exact) mass is 498 g/mol. The Morgan fingerprint density at radius 2 is 1.89 bits per heavy atom. The standard InChI is InChI=1S/C27H30N8O2/c1-4-11-34-26(36)21-16-28-27(29-19-5-7-20(8-6-19)33-14-12-32(3)13-15-33)31-25(21)35(34)23-10-9-22-24(30-23)18(2)17-37-22/h4-10,16,18H,1,11-15,17H2,2-3H3,(H,28,29,31). The first-order chi connectivity index (χ1) is 18.0. The number of benzene rings is 1. The zero-order valence-electron chi connectivity index (χ0n) is 21.1. The molecule has 0 spiro atoms. The number of pyridine rings is 1. The van der Waals surface area contributed by atoms with Gasteiger partial charge < -0.3 is 19.9 Å². The third-order valence-corrected chi connectivity index (χ3v) is 7.01. The van der Waals surface area contributed by atoms with Crippen molar-refractivity contribution in [2.45, 2.75) is 19.4 Å². The van der Waals surface area contributed by atoms with Crippen molar-refractivity contribution < 1.29 is 4.74 Å². The second kappa shape index (κ2) is 9.36. The van der Waals surface area contributed by atoms with Crippen LogP contribution in [0.25, 0.3) is 16.9 Å². The Morgan fingerprint density at radius 1 is 1.11 bits per heavy atom. The summed E-state index contributed by atoms with van der Waals surface area (Å²) in [6.45, 7) is 11.0. The number of fused-ring (bicyclic) bond motifs is 2. The van der Waals surface area contributed by atoms with Gasteiger partial charge in [0.2, 0.25) is 5.95 Å². The van der Waals surface area contributed by atoms with E-state index in [0.29, 0.717) is 36.0 Å². The molecule has 0 saturated carbocycles. The molecule has 1 aromatic carbocycles. The van der Waals surface area contributed by atoms with Crippen LogP contribution >= 0.6 is 0 Å². The SMILES string of the molecule is C=CCn1c(=O)c2cnc(Nc3ccc(N4CCN(C)CC4)cc3)nc2n1-c1ccc2c(n1)C(C)CO2. The van der Waals surface area contributed by atoms with Crippen LogP contribution in [-0.2, 0) is 6.54 Å². The first-order valence-electron chi connectivity index (χ1n) is 12.6. The molecule has 3 aromatic heterocycles. The lowest BCUT2D eigenvalue weighted by atomic mass is 10.1. The third-order valence-electron chi connectivity index (χ3n) is 7.01. The normalized spacial score (nSPS) is 17.6. The Labute approximate surface area is 214 Å². The van der Waals surface area contributed by atoms with E-state index >= 15 is 0 Å². The average Bonchev–Trinajstić information content (AvgIpc) is 3.41. The Bertz CT molecular complexity index is 1520. The fraction of sp³-hybridized carbons (Fsp3) is 0.333. The second-order valence-corrected chi connectivity index (χ2v) is 9.65. The third kappa shape index (κ3) is 4.23. The highest BCUT2D eigenvalue weighted by molar-refractivity contribution is 5.77. The van der Waals surface area contributed by atoms with Gasteiger partial charge in [-0.25, -0.2) is 19.3 Å². The van der Waals surface area contributed by atoms with E-state index in [4.69, 9.17) is 14.7 Å². The van der Waals surface area contributed by atoms with Crippen molar-refractivity contribution in [2.75, 3.05) is 50.1 Å². The fourth-order valence-electron chi connectivity index (χ4n) is 4.90. The van der Waals surface area contributed by atoms with Gasteiger partial charge in [-0.15, -0.1) is 6.58 Å². The van der Waals surface area contributed by atoms with Gasteiger partial charge in [-0.2, -0.15) is 4.98 Å². The zero-order valence-corrected chi connectivity index (χ0v) is 21.1. The van der Waals surface area contributed by atoms with E-state index in [1.807, 2.05) is 24.3 Å². The van der Waals surface area contributed by atoms with Gasteiger partial charge in [0.15, 0.2) is 11.5 Å². The number of aromatic nitrogens is 5. The number of likely N-dealkylation sites (N-methyl/N-ethyl adjacent to an activating group) is 1. The first kappa shape index (κ1) is 23.2. The van der Waals surface area contributed by atoms with E-state index in [1.165, 1.54) is 5.69 Å². The van der Waals surface area contributed by atoms with E-state index < -0.39 is 0 Å². The van der Waals surface area contributed by atoms with Gasteiger partial charge in [-0.05, 0) is 43.4 Å². The maximum atomic E-state index is 13.2. The predicted molar refractivity (Wildman–Crippen MR) is 144 cm³/mol. The van der Waals surface area contributed by atoms with E-state index in [2.05, 4.69) is 52.8 Å². The van der Waals surface area contributed by atoms with Crippen molar-refractivity contribution >= 4 is 28.4 Å². The summed E-state index contributed by atoms with van der Waals surface area (Å²) in [5.74, 6) is 1.97. The highest BCUT2D eigenvalue weighted by Crippen LogP contribution is 2.33. The molecule has 6 rings (SSSR count). The van der Waals surface area contributed by atoms with Crippen LogP contribution in [-0.4, -0.2) is 69.0 Å². The summed E-state index contributed by atoms with van der Waals surface area (Å²) in [6.07, 6.45) is 3.26. The minimum Gasteiger partial charge on any atom is -0.491 e. The molecule has 1 N–H and O–H groups in total. The van der Waals surface area contributed by atoms with Crippen LogP contribution in [0.15, 0.2) is 60.0 Å². The molecule has 1 saturated heterocycles. The molecule has 37 heavy (non-hydrogen) atoms. The van der Waals surface area contributed by atoms with Crippen LogP contribution in [0.3, 0.4) is 0 Å². The van der Waals surface area contributed by atoms with Crippen LogP contribution in [0, 0.1) is 0 Å². The number of anilines is 3. The molecule has 10 nitrogen and oxygen atoms in total. The Hall–Kier alpha value is -4.18. The van der Waals surface area contributed by atoms with Gasteiger partial charge in [0.05, 0.1) is 18.8 Å². The number of hydrogen-bond acceptors (Lipinski definition) is 8. The topological polar surface area (TPSA) is 93.3 Å². The van der Waals surface area contributed by atoms with Crippen LogP contribution in [0.1, 0.15) is 18.5 Å². The van der Waals surface area contributed by atoms with Crippen LogP contribution in [0.5, 0.6) is 5.75 Å². The summed E-state index contributed by atoms with van der Waals surface area (Å²) in [5, 5.41) is 3.71. The number of hydrogen-bond donors (Lipinski definition) is 1. The van der Waals surface area contributed by atoms with Crippen LogP contribution in [0.4, 0.5) is 17.3 Å². The molecule has 2 aliphatic rings. The van der Waals surface area contributed by atoms with Crippen LogP contribution < -0.4 is 20.5 Å². The predicted octanol–water partition coefficient (Wildman–Crippen LogP) is 3.15. The van der Waals surface area contributed by atoms with E-state index in [-0.39, 0.29) is 11.5 Å². The molecular weight excluding hydrogens is 468 g/mol. The second-order valence-electron chi connectivity index (χ2n) is 9.65. The lowest BCUT2D eigenvalue weighted by Crippen LogP contribution is -2.44. The minimum absolute atomic E-state index is 0.178. The molecule has 1 fully saturated rings. The van der Waals surface area contributed by atoms with Crippen molar-refractivity contribution in [1.82, 2.24) is 29.2 Å². The van der Waals surface area contributed by atoms with Crippen molar-refractivity contribution in [3.8, 4) is 11.6 Å². The van der Waals surface area contributed by atoms with Gasteiger partial charge in [0.1, 0.15) is 11.1 Å². The van der Waals surface area contributed by atoms with Crippen molar-refractivity contribution in [3.63, 3.8) is 0 Å². The average molecular weight is 499 g/mol. The molecule has 190 valence electrons. The Balaban J connectivity index is 1.34. The number of nitrogens with one attached hydrogen (secondary N) is 1. The maximum Gasteiger partial charge on any atom is 0.278 e. The fourth-order valence-corrected chi connectivity index (χ4v) is 4.90. The van der Waals surface area contributed by atoms with Crippen molar-refractivity contribution in [3.05, 3.63) is 71.3 Å². The highest BCUT2D eigenvalue weighted by Gasteiger charge is 2.24. The first-order valence-corrected chi connectivity index (χ1v) is 12.6. The number of ether oxygens (including phenoxy) is 1.